The van der Waals surface area contributed by atoms with Crippen LogP contribution in [0.5, 0.6) is 0 Å². The lowest BCUT2D eigenvalue weighted by atomic mass is 9.90. The molecule has 0 saturated carbocycles. The van der Waals surface area contributed by atoms with Crippen LogP contribution in [0.25, 0.3) is 0 Å². The first-order valence-electron chi connectivity index (χ1n) is 6.19. The Morgan fingerprint density at radius 2 is 2.06 bits per heavy atom. The second kappa shape index (κ2) is 6.73. The summed E-state index contributed by atoms with van der Waals surface area (Å²) in [5, 5.41) is 1.39. The van der Waals surface area contributed by atoms with Crippen molar-refractivity contribution in [1.29, 1.82) is 0 Å². The zero-order valence-electron chi connectivity index (χ0n) is 10.2. The summed E-state index contributed by atoms with van der Waals surface area (Å²) in [6.07, 6.45) is 3.12. The summed E-state index contributed by atoms with van der Waals surface area (Å²) in [6.45, 7) is 1.68. The second-order valence-electron chi connectivity index (χ2n) is 4.68. The van der Waals surface area contributed by atoms with Crippen molar-refractivity contribution in [3.05, 3.63) is 33.8 Å². The molecule has 2 rings (SSSR count). The van der Waals surface area contributed by atoms with E-state index in [1.165, 1.54) is 0 Å². The first kappa shape index (κ1) is 14.1. The van der Waals surface area contributed by atoms with Crippen molar-refractivity contribution in [2.45, 2.75) is 25.3 Å². The summed E-state index contributed by atoms with van der Waals surface area (Å²) < 4.78 is 5.36. The van der Waals surface area contributed by atoms with Gasteiger partial charge in [0.2, 0.25) is 0 Å². The highest BCUT2D eigenvalue weighted by Crippen LogP contribution is 2.32. The van der Waals surface area contributed by atoms with Gasteiger partial charge in [0.1, 0.15) is 0 Å². The maximum atomic E-state index is 6.21. The van der Waals surface area contributed by atoms with Crippen LogP contribution < -0.4 is 11.3 Å². The van der Waals surface area contributed by atoms with Crippen LogP contribution in [0, 0.1) is 5.92 Å². The summed E-state index contributed by atoms with van der Waals surface area (Å²) in [5.74, 6) is 6.28. The molecular weight excluding hydrogens is 271 g/mol. The largest absolute Gasteiger partial charge is 0.381 e. The number of benzene rings is 1. The van der Waals surface area contributed by atoms with E-state index in [1.54, 1.807) is 6.07 Å². The summed E-state index contributed by atoms with van der Waals surface area (Å²) in [5.41, 5.74) is 3.82. The lowest BCUT2D eigenvalue weighted by Crippen LogP contribution is -2.31. The Hall–Kier alpha value is -0.320. The van der Waals surface area contributed by atoms with E-state index < -0.39 is 0 Å². The molecule has 1 heterocycles. The van der Waals surface area contributed by atoms with Crippen molar-refractivity contribution >= 4 is 23.2 Å². The lowest BCUT2D eigenvalue weighted by Gasteiger charge is -2.27. The van der Waals surface area contributed by atoms with Gasteiger partial charge in [0.05, 0.1) is 0 Å². The van der Waals surface area contributed by atoms with Gasteiger partial charge in [-0.2, -0.15) is 0 Å². The molecule has 18 heavy (non-hydrogen) atoms. The molecule has 1 aromatic rings. The van der Waals surface area contributed by atoms with E-state index in [0.29, 0.717) is 16.0 Å². The SMILES string of the molecule is NNC(CC1CCOCC1)c1cc(Cl)ccc1Cl. The molecule has 0 spiro atoms. The molecule has 0 aromatic heterocycles. The molecule has 0 radical (unpaired) electrons. The number of ether oxygens (including phenoxy) is 1. The van der Waals surface area contributed by atoms with E-state index in [0.717, 1.165) is 38.0 Å². The normalized spacial score (nSPS) is 18.8. The molecule has 1 fully saturated rings. The molecule has 0 aliphatic carbocycles. The zero-order valence-corrected chi connectivity index (χ0v) is 11.7. The molecule has 1 atom stereocenters. The van der Waals surface area contributed by atoms with Gasteiger partial charge < -0.3 is 4.74 Å². The van der Waals surface area contributed by atoms with E-state index >= 15 is 0 Å². The average molecular weight is 289 g/mol. The maximum absolute atomic E-state index is 6.21. The van der Waals surface area contributed by atoms with Crippen molar-refractivity contribution in [2.75, 3.05) is 13.2 Å². The summed E-state index contributed by atoms with van der Waals surface area (Å²) in [6, 6.07) is 5.52. The molecule has 0 amide bonds. The van der Waals surface area contributed by atoms with E-state index in [2.05, 4.69) is 5.43 Å². The molecule has 3 nitrogen and oxygen atoms in total. The van der Waals surface area contributed by atoms with E-state index in [4.69, 9.17) is 33.8 Å². The van der Waals surface area contributed by atoms with Crippen LogP contribution in [0.2, 0.25) is 10.0 Å². The third-order valence-corrected chi connectivity index (χ3v) is 4.02. The Morgan fingerprint density at radius 1 is 1.33 bits per heavy atom. The summed E-state index contributed by atoms with van der Waals surface area (Å²) in [4.78, 5) is 0. The first-order valence-corrected chi connectivity index (χ1v) is 6.95. The monoisotopic (exact) mass is 288 g/mol. The van der Waals surface area contributed by atoms with Crippen LogP contribution in [-0.2, 0) is 4.74 Å². The average Bonchev–Trinajstić information content (AvgIpc) is 2.40. The molecule has 1 aliphatic heterocycles. The van der Waals surface area contributed by atoms with Crippen LogP contribution in [0.4, 0.5) is 0 Å². The first-order chi connectivity index (χ1) is 8.70. The van der Waals surface area contributed by atoms with Gasteiger partial charge in [0.15, 0.2) is 0 Å². The van der Waals surface area contributed by atoms with Crippen LogP contribution in [0.3, 0.4) is 0 Å². The number of nitrogens with two attached hydrogens (primary N) is 1. The molecule has 3 N–H and O–H groups in total. The quantitative estimate of drug-likeness (QED) is 0.660. The Morgan fingerprint density at radius 3 is 2.72 bits per heavy atom. The van der Waals surface area contributed by atoms with E-state index in [1.807, 2.05) is 12.1 Å². The molecule has 1 aromatic carbocycles. The van der Waals surface area contributed by atoms with Gasteiger partial charge in [-0.1, -0.05) is 23.2 Å². The minimum Gasteiger partial charge on any atom is -0.381 e. The Balaban J connectivity index is 2.09. The summed E-state index contributed by atoms with van der Waals surface area (Å²) >= 11 is 12.2. The van der Waals surface area contributed by atoms with Gasteiger partial charge >= 0.3 is 0 Å². The van der Waals surface area contributed by atoms with Gasteiger partial charge in [-0.05, 0) is 48.9 Å². The molecule has 1 unspecified atom stereocenters. The third-order valence-electron chi connectivity index (χ3n) is 3.44. The number of rotatable bonds is 4. The Labute approximate surface area is 118 Å². The van der Waals surface area contributed by atoms with Crippen LogP contribution in [0.1, 0.15) is 30.9 Å². The predicted octanol–water partition coefficient (Wildman–Crippen LogP) is 3.31. The summed E-state index contributed by atoms with van der Waals surface area (Å²) in [7, 11) is 0. The molecule has 1 saturated heterocycles. The van der Waals surface area contributed by atoms with Crippen LogP contribution >= 0.6 is 23.2 Å². The Bertz CT molecular complexity index is 395. The number of hydrazine groups is 1. The number of halogens is 2. The Kier molecular flexibility index (Phi) is 5.27. The van der Waals surface area contributed by atoms with Gasteiger partial charge in [-0.25, -0.2) is 0 Å². The highest BCUT2D eigenvalue weighted by atomic mass is 35.5. The lowest BCUT2D eigenvalue weighted by molar-refractivity contribution is 0.0605. The van der Waals surface area contributed by atoms with Crippen molar-refractivity contribution in [2.24, 2.45) is 11.8 Å². The van der Waals surface area contributed by atoms with Crippen molar-refractivity contribution in [3.8, 4) is 0 Å². The van der Waals surface area contributed by atoms with Gasteiger partial charge in [-0.3, -0.25) is 11.3 Å². The van der Waals surface area contributed by atoms with Crippen LogP contribution in [0.15, 0.2) is 18.2 Å². The maximum Gasteiger partial charge on any atom is 0.0477 e. The molecule has 100 valence electrons. The van der Waals surface area contributed by atoms with Crippen molar-refractivity contribution in [1.82, 2.24) is 5.43 Å². The van der Waals surface area contributed by atoms with Crippen molar-refractivity contribution < 1.29 is 4.74 Å². The molecule has 1 aliphatic rings. The fourth-order valence-corrected chi connectivity index (χ4v) is 2.81. The standard InChI is InChI=1S/C13H18Cl2N2O/c14-10-1-2-12(15)11(8-10)13(17-16)7-9-3-5-18-6-4-9/h1-2,8-9,13,17H,3-7,16H2. The fraction of sp³-hybridized carbons (Fsp3) is 0.538. The molecule has 5 heteroatoms. The number of nitrogens with one attached hydrogen (secondary N) is 1. The highest BCUT2D eigenvalue weighted by molar-refractivity contribution is 6.33. The smallest absolute Gasteiger partial charge is 0.0477 e. The van der Waals surface area contributed by atoms with Gasteiger partial charge in [-0.15, -0.1) is 0 Å². The van der Waals surface area contributed by atoms with E-state index in [9.17, 15) is 0 Å². The van der Waals surface area contributed by atoms with Crippen LogP contribution in [-0.4, -0.2) is 13.2 Å². The second-order valence-corrected chi connectivity index (χ2v) is 5.52. The minimum atomic E-state index is 0.0410. The zero-order chi connectivity index (χ0) is 13.0. The highest BCUT2D eigenvalue weighted by Gasteiger charge is 2.21. The topological polar surface area (TPSA) is 47.3 Å². The molecule has 0 bridgehead atoms. The van der Waals surface area contributed by atoms with Crippen molar-refractivity contribution in [3.63, 3.8) is 0 Å². The van der Waals surface area contributed by atoms with Gasteiger partial charge in [0, 0.05) is 29.3 Å². The minimum absolute atomic E-state index is 0.0410. The number of hydrogen-bond donors (Lipinski definition) is 2. The third kappa shape index (κ3) is 3.59. The molecular formula is C13H18Cl2N2O. The number of hydrogen-bond acceptors (Lipinski definition) is 3. The van der Waals surface area contributed by atoms with E-state index in [-0.39, 0.29) is 6.04 Å². The predicted molar refractivity (Wildman–Crippen MR) is 74.7 cm³/mol. The van der Waals surface area contributed by atoms with Gasteiger partial charge in [0.25, 0.3) is 0 Å². The fourth-order valence-electron chi connectivity index (χ4n) is 2.38.